The van der Waals surface area contributed by atoms with Crippen molar-refractivity contribution in [2.45, 2.75) is 44.6 Å². The predicted molar refractivity (Wildman–Crippen MR) is 56.8 cm³/mol. The van der Waals surface area contributed by atoms with E-state index in [1.54, 1.807) is 0 Å². The van der Waals surface area contributed by atoms with Gasteiger partial charge in [-0.25, -0.2) is 0 Å². The van der Waals surface area contributed by atoms with Gasteiger partial charge in [-0.15, -0.1) is 0 Å². The molecule has 2 fully saturated rings. The van der Waals surface area contributed by atoms with E-state index in [9.17, 15) is 0 Å². The first-order chi connectivity index (χ1) is 6.77. The van der Waals surface area contributed by atoms with E-state index in [4.69, 9.17) is 12.2 Å². The Hall–Kier alpha value is -0.640. The Morgan fingerprint density at radius 2 is 2.14 bits per heavy atom. The Morgan fingerprint density at radius 3 is 2.71 bits per heavy atom. The van der Waals surface area contributed by atoms with Crippen molar-refractivity contribution in [1.82, 2.24) is 14.8 Å². The van der Waals surface area contributed by atoms with E-state index < -0.39 is 0 Å². The summed E-state index contributed by atoms with van der Waals surface area (Å²) in [6.07, 6.45) is 5.29. The van der Waals surface area contributed by atoms with Gasteiger partial charge in [0.25, 0.3) is 0 Å². The highest BCUT2D eigenvalue weighted by Gasteiger charge is 2.35. The van der Waals surface area contributed by atoms with Crippen LogP contribution in [-0.4, -0.2) is 14.8 Å². The normalized spacial score (nSPS) is 23.8. The molecule has 1 aromatic rings. The minimum absolute atomic E-state index is 0.587. The number of H-pyrrole nitrogens is 1. The molecule has 0 spiro atoms. The van der Waals surface area contributed by atoms with E-state index in [0.29, 0.717) is 12.0 Å². The number of rotatable bonds is 3. The molecule has 14 heavy (non-hydrogen) atoms. The Kier molecular flexibility index (Phi) is 1.81. The second-order valence-corrected chi connectivity index (χ2v) is 5.00. The van der Waals surface area contributed by atoms with Gasteiger partial charge in [0.2, 0.25) is 0 Å². The van der Waals surface area contributed by atoms with Gasteiger partial charge in [-0.3, -0.25) is 5.10 Å². The average Bonchev–Trinajstić information content (AvgIpc) is 3.04. The van der Waals surface area contributed by atoms with Crippen LogP contribution in [0.25, 0.3) is 0 Å². The predicted octanol–water partition coefficient (Wildman–Crippen LogP) is 2.79. The van der Waals surface area contributed by atoms with Crippen LogP contribution in [0.4, 0.5) is 0 Å². The van der Waals surface area contributed by atoms with Crippen molar-refractivity contribution in [2.75, 3.05) is 0 Å². The molecule has 0 saturated heterocycles. The average molecular weight is 209 g/mol. The van der Waals surface area contributed by atoms with E-state index in [-0.39, 0.29) is 0 Å². The molecule has 0 amide bonds. The molecular formula is C10H15N3S. The molecule has 1 atom stereocenters. The number of hydrogen-bond acceptors (Lipinski definition) is 2. The fourth-order valence-corrected chi connectivity index (χ4v) is 2.42. The third kappa shape index (κ3) is 1.32. The third-order valence-corrected chi connectivity index (χ3v) is 3.67. The second-order valence-electron chi connectivity index (χ2n) is 4.61. The van der Waals surface area contributed by atoms with Crippen molar-refractivity contribution in [1.29, 1.82) is 0 Å². The lowest BCUT2D eigenvalue weighted by Gasteiger charge is -2.10. The highest BCUT2D eigenvalue weighted by Crippen LogP contribution is 2.44. The molecule has 0 bridgehead atoms. The molecule has 4 heteroatoms. The molecule has 0 aromatic carbocycles. The lowest BCUT2D eigenvalue weighted by Crippen LogP contribution is -2.07. The van der Waals surface area contributed by atoms with Crippen LogP contribution < -0.4 is 0 Å². The van der Waals surface area contributed by atoms with Gasteiger partial charge in [-0.05, 0) is 43.8 Å². The highest BCUT2D eigenvalue weighted by molar-refractivity contribution is 7.71. The topological polar surface area (TPSA) is 33.6 Å². The Morgan fingerprint density at radius 1 is 1.43 bits per heavy atom. The Bertz CT molecular complexity index is 398. The van der Waals surface area contributed by atoms with Gasteiger partial charge in [0.1, 0.15) is 5.82 Å². The van der Waals surface area contributed by atoms with Gasteiger partial charge in [-0.2, -0.15) is 5.10 Å². The largest absolute Gasteiger partial charge is 0.301 e. The van der Waals surface area contributed by atoms with Gasteiger partial charge in [0, 0.05) is 12.0 Å². The smallest absolute Gasteiger partial charge is 0.195 e. The van der Waals surface area contributed by atoms with Gasteiger partial charge in [0.15, 0.2) is 4.77 Å². The Balaban J connectivity index is 1.98. The lowest BCUT2D eigenvalue weighted by atomic mass is 10.1. The van der Waals surface area contributed by atoms with Crippen molar-refractivity contribution in [3.05, 3.63) is 10.6 Å². The van der Waals surface area contributed by atoms with Crippen molar-refractivity contribution in [3.8, 4) is 0 Å². The zero-order valence-electron chi connectivity index (χ0n) is 8.36. The summed E-state index contributed by atoms with van der Waals surface area (Å²) in [7, 11) is 0. The number of hydrogen-bond donors (Lipinski definition) is 1. The molecule has 76 valence electrons. The number of nitrogens with one attached hydrogen (secondary N) is 1. The first kappa shape index (κ1) is 8.65. The van der Waals surface area contributed by atoms with E-state index in [1.165, 1.54) is 31.5 Å². The molecule has 0 aliphatic heterocycles. The van der Waals surface area contributed by atoms with Gasteiger partial charge in [0.05, 0.1) is 0 Å². The van der Waals surface area contributed by atoms with E-state index >= 15 is 0 Å². The minimum Gasteiger partial charge on any atom is -0.301 e. The summed E-state index contributed by atoms with van der Waals surface area (Å²) in [5.41, 5.74) is 0. The third-order valence-electron chi connectivity index (χ3n) is 3.38. The van der Waals surface area contributed by atoms with Crippen LogP contribution >= 0.6 is 12.2 Å². The molecular weight excluding hydrogens is 194 g/mol. The van der Waals surface area contributed by atoms with E-state index in [1.807, 2.05) is 0 Å². The highest BCUT2D eigenvalue weighted by atomic mass is 32.1. The fourth-order valence-electron chi connectivity index (χ4n) is 2.13. The summed E-state index contributed by atoms with van der Waals surface area (Å²) in [6.45, 7) is 2.28. The summed E-state index contributed by atoms with van der Waals surface area (Å²) in [6, 6.07) is 0.650. The maximum absolute atomic E-state index is 5.26. The molecule has 1 N–H and O–H groups in total. The monoisotopic (exact) mass is 209 g/mol. The summed E-state index contributed by atoms with van der Waals surface area (Å²) >= 11 is 5.26. The van der Waals surface area contributed by atoms with Crippen molar-refractivity contribution >= 4 is 12.2 Å². The van der Waals surface area contributed by atoms with Crippen LogP contribution in [0.5, 0.6) is 0 Å². The summed E-state index contributed by atoms with van der Waals surface area (Å²) in [4.78, 5) is 0. The fraction of sp³-hybridized carbons (Fsp3) is 0.800. The quantitative estimate of drug-likeness (QED) is 0.777. The van der Waals surface area contributed by atoms with Crippen molar-refractivity contribution in [2.24, 2.45) is 5.92 Å². The molecule has 2 saturated carbocycles. The molecule has 2 aliphatic carbocycles. The van der Waals surface area contributed by atoms with Crippen LogP contribution in [0.1, 0.15) is 50.4 Å². The van der Waals surface area contributed by atoms with E-state index in [2.05, 4.69) is 21.7 Å². The van der Waals surface area contributed by atoms with Crippen molar-refractivity contribution in [3.63, 3.8) is 0 Å². The zero-order chi connectivity index (χ0) is 9.71. The van der Waals surface area contributed by atoms with Gasteiger partial charge < -0.3 is 4.57 Å². The number of aromatic amines is 1. The summed E-state index contributed by atoms with van der Waals surface area (Å²) in [5.74, 6) is 2.64. The second kappa shape index (κ2) is 2.92. The van der Waals surface area contributed by atoms with E-state index in [0.717, 1.165) is 10.7 Å². The van der Waals surface area contributed by atoms with Crippen molar-refractivity contribution < 1.29 is 0 Å². The maximum Gasteiger partial charge on any atom is 0.195 e. The van der Waals surface area contributed by atoms with Crippen LogP contribution in [0.3, 0.4) is 0 Å². The first-order valence-corrected chi connectivity index (χ1v) is 5.85. The molecule has 2 aliphatic rings. The van der Waals surface area contributed by atoms with Gasteiger partial charge in [-0.1, -0.05) is 6.92 Å². The molecule has 3 rings (SSSR count). The zero-order valence-corrected chi connectivity index (χ0v) is 9.18. The van der Waals surface area contributed by atoms with Gasteiger partial charge >= 0.3 is 0 Å². The summed E-state index contributed by atoms with van der Waals surface area (Å²) in [5, 5.41) is 7.32. The molecule has 3 nitrogen and oxygen atoms in total. The Labute approximate surface area is 88.5 Å². The van der Waals surface area contributed by atoms with Crippen LogP contribution in [0, 0.1) is 10.7 Å². The number of aromatic nitrogens is 3. The molecule has 1 heterocycles. The SMILES string of the molecule is CC(c1n[nH]c(=S)n1C1CC1)C1CC1. The van der Waals surface area contributed by atoms with Crippen LogP contribution in [-0.2, 0) is 0 Å². The lowest BCUT2D eigenvalue weighted by molar-refractivity contribution is 0.561. The van der Waals surface area contributed by atoms with Crippen LogP contribution in [0.2, 0.25) is 0 Å². The minimum atomic E-state index is 0.587. The standard InChI is InChI=1S/C10H15N3S/c1-6(7-2-3-7)9-11-12-10(14)13(9)8-4-5-8/h6-8H,2-5H2,1H3,(H,12,14). The molecule has 1 aromatic heterocycles. The molecule has 0 radical (unpaired) electrons. The first-order valence-electron chi connectivity index (χ1n) is 5.44. The maximum atomic E-state index is 5.26. The van der Waals surface area contributed by atoms with Crippen LogP contribution in [0.15, 0.2) is 0 Å². The molecule has 1 unspecified atom stereocenters. The summed E-state index contributed by atoms with van der Waals surface area (Å²) < 4.78 is 3.06. The number of nitrogens with zero attached hydrogens (tertiary/aromatic N) is 2.